The molecule has 0 aliphatic heterocycles. The highest BCUT2D eigenvalue weighted by Crippen LogP contribution is 2.02. The van der Waals surface area contributed by atoms with Crippen molar-refractivity contribution in [2.75, 3.05) is 20.2 Å². The van der Waals surface area contributed by atoms with E-state index < -0.39 is 11.8 Å². The summed E-state index contributed by atoms with van der Waals surface area (Å²) in [4.78, 5) is 24.2. The lowest BCUT2D eigenvalue weighted by molar-refractivity contribution is -0.145. The Morgan fingerprint density at radius 1 is 1.29 bits per heavy atom. The van der Waals surface area contributed by atoms with E-state index in [-0.39, 0.29) is 13.2 Å². The minimum absolute atomic E-state index is 0.0871. The maximum atomic E-state index is 11.6. The van der Waals surface area contributed by atoms with E-state index >= 15 is 0 Å². The van der Waals surface area contributed by atoms with Crippen LogP contribution in [0, 0.1) is 0 Å². The summed E-state index contributed by atoms with van der Waals surface area (Å²) in [6, 6.07) is 9.41. The number of benzene rings is 1. The van der Waals surface area contributed by atoms with E-state index in [1.54, 1.807) is 7.05 Å². The van der Waals surface area contributed by atoms with Crippen LogP contribution in [0.5, 0.6) is 0 Å². The van der Waals surface area contributed by atoms with Crippen LogP contribution in [-0.2, 0) is 16.1 Å². The van der Waals surface area contributed by atoms with Crippen molar-refractivity contribution in [3.63, 3.8) is 0 Å². The first-order chi connectivity index (χ1) is 8.15. The number of aliphatic hydroxyl groups excluding tert-OH is 1. The molecule has 0 fully saturated rings. The average Bonchev–Trinajstić information content (AvgIpc) is 2.36. The zero-order valence-electron chi connectivity index (χ0n) is 9.72. The van der Waals surface area contributed by atoms with Gasteiger partial charge in [0, 0.05) is 20.1 Å². The summed E-state index contributed by atoms with van der Waals surface area (Å²) in [5.74, 6) is -1.31. The lowest BCUT2D eigenvalue weighted by Gasteiger charge is -2.16. The fourth-order valence-corrected chi connectivity index (χ4v) is 1.35. The third-order valence-electron chi connectivity index (χ3n) is 2.20. The van der Waals surface area contributed by atoms with Crippen molar-refractivity contribution >= 4 is 11.8 Å². The molecule has 0 atom stereocenters. The summed E-state index contributed by atoms with van der Waals surface area (Å²) in [5, 5.41) is 10.8. The lowest BCUT2D eigenvalue weighted by Crippen LogP contribution is -2.41. The molecule has 0 saturated carbocycles. The van der Waals surface area contributed by atoms with E-state index in [2.05, 4.69) is 5.32 Å². The Morgan fingerprint density at radius 3 is 2.53 bits per heavy atom. The molecule has 1 aromatic carbocycles. The number of likely N-dealkylation sites (N-methyl/N-ethyl adjacent to an activating group) is 1. The van der Waals surface area contributed by atoms with Gasteiger partial charge in [-0.3, -0.25) is 9.59 Å². The van der Waals surface area contributed by atoms with Gasteiger partial charge in [-0.25, -0.2) is 0 Å². The molecular weight excluding hydrogens is 220 g/mol. The lowest BCUT2D eigenvalue weighted by atomic mass is 10.2. The molecular formula is C12H16N2O3. The molecule has 0 heterocycles. The van der Waals surface area contributed by atoms with Crippen molar-refractivity contribution in [3.8, 4) is 0 Å². The number of rotatable bonds is 4. The summed E-state index contributed by atoms with van der Waals surface area (Å²) >= 11 is 0. The summed E-state index contributed by atoms with van der Waals surface area (Å²) in [6.45, 7) is 0.289. The standard InChI is InChI=1S/C12H16N2O3/c1-14(9-10-5-3-2-4-6-10)12(17)11(16)13-7-8-15/h2-6,15H,7-9H2,1H3,(H,13,16). The molecule has 0 aliphatic carbocycles. The van der Waals surface area contributed by atoms with E-state index in [9.17, 15) is 9.59 Å². The first kappa shape index (κ1) is 13.2. The predicted molar refractivity (Wildman–Crippen MR) is 63.0 cm³/mol. The van der Waals surface area contributed by atoms with Crippen molar-refractivity contribution in [3.05, 3.63) is 35.9 Å². The Morgan fingerprint density at radius 2 is 1.94 bits per heavy atom. The summed E-state index contributed by atoms with van der Waals surface area (Å²) < 4.78 is 0. The van der Waals surface area contributed by atoms with Gasteiger partial charge >= 0.3 is 11.8 Å². The first-order valence-corrected chi connectivity index (χ1v) is 5.33. The molecule has 0 aliphatic rings. The van der Waals surface area contributed by atoms with Crippen LogP contribution in [0.25, 0.3) is 0 Å². The molecule has 5 heteroatoms. The Labute approximate surface area is 100 Å². The summed E-state index contributed by atoms with van der Waals surface area (Å²) in [7, 11) is 1.56. The van der Waals surface area contributed by atoms with Gasteiger partial charge in [0.05, 0.1) is 6.61 Å². The van der Waals surface area contributed by atoms with Crippen molar-refractivity contribution in [2.24, 2.45) is 0 Å². The van der Waals surface area contributed by atoms with Crippen LogP contribution in [0.15, 0.2) is 30.3 Å². The zero-order valence-corrected chi connectivity index (χ0v) is 9.72. The maximum Gasteiger partial charge on any atom is 0.311 e. The van der Waals surface area contributed by atoms with Gasteiger partial charge in [0.15, 0.2) is 0 Å². The summed E-state index contributed by atoms with van der Waals surface area (Å²) in [6.07, 6.45) is 0. The van der Waals surface area contributed by atoms with Crippen molar-refractivity contribution < 1.29 is 14.7 Å². The Hall–Kier alpha value is -1.88. The van der Waals surface area contributed by atoms with Crippen molar-refractivity contribution in [1.29, 1.82) is 0 Å². The molecule has 0 radical (unpaired) electrons. The molecule has 0 bridgehead atoms. The van der Waals surface area contributed by atoms with Gasteiger partial charge in [-0.15, -0.1) is 0 Å². The molecule has 0 aromatic heterocycles. The second-order valence-corrected chi connectivity index (χ2v) is 3.63. The van der Waals surface area contributed by atoms with Crippen LogP contribution >= 0.6 is 0 Å². The van der Waals surface area contributed by atoms with Gasteiger partial charge in [0.2, 0.25) is 0 Å². The van der Waals surface area contributed by atoms with E-state index in [0.717, 1.165) is 5.56 Å². The third kappa shape index (κ3) is 4.24. The average molecular weight is 236 g/mol. The Kier molecular flexibility index (Phi) is 5.16. The van der Waals surface area contributed by atoms with Crippen LogP contribution in [0.1, 0.15) is 5.56 Å². The number of carbonyl (C=O) groups excluding carboxylic acids is 2. The molecule has 2 N–H and O–H groups in total. The fraction of sp³-hybridized carbons (Fsp3) is 0.333. The largest absolute Gasteiger partial charge is 0.395 e. The smallest absolute Gasteiger partial charge is 0.311 e. The van der Waals surface area contributed by atoms with Crippen LogP contribution in [-0.4, -0.2) is 42.0 Å². The van der Waals surface area contributed by atoms with Gasteiger partial charge < -0.3 is 15.3 Å². The zero-order chi connectivity index (χ0) is 12.7. The quantitative estimate of drug-likeness (QED) is 0.708. The van der Waals surface area contributed by atoms with Crippen LogP contribution in [0.4, 0.5) is 0 Å². The number of nitrogens with one attached hydrogen (secondary N) is 1. The van der Waals surface area contributed by atoms with E-state index in [4.69, 9.17) is 5.11 Å². The SMILES string of the molecule is CN(Cc1ccccc1)C(=O)C(=O)NCCO. The number of hydrogen-bond acceptors (Lipinski definition) is 3. The molecule has 5 nitrogen and oxygen atoms in total. The summed E-state index contributed by atoms with van der Waals surface area (Å²) in [5.41, 5.74) is 0.957. The second kappa shape index (κ2) is 6.65. The minimum atomic E-state index is -0.697. The molecule has 1 rings (SSSR count). The number of nitrogens with zero attached hydrogens (tertiary/aromatic N) is 1. The predicted octanol–water partition coefficient (Wildman–Crippen LogP) is -0.247. The second-order valence-electron chi connectivity index (χ2n) is 3.63. The van der Waals surface area contributed by atoms with Gasteiger partial charge in [0.25, 0.3) is 0 Å². The molecule has 0 unspecified atom stereocenters. The van der Waals surface area contributed by atoms with E-state index in [1.165, 1.54) is 4.90 Å². The maximum absolute atomic E-state index is 11.6. The van der Waals surface area contributed by atoms with Crippen LogP contribution in [0.2, 0.25) is 0 Å². The highest BCUT2D eigenvalue weighted by Gasteiger charge is 2.17. The van der Waals surface area contributed by atoms with Gasteiger partial charge in [-0.05, 0) is 5.56 Å². The Bertz CT molecular complexity index is 379. The van der Waals surface area contributed by atoms with Crippen molar-refractivity contribution in [2.45, 2.75) is 6.54 Å². The van der Waals surface area contributed by atoms with Gasteiger partial charge in [-0.1, -0.05) is 30.3 Å². The fourth-order valence-electron chi connectivity index (χ4n) is 1.35. The third-order valence-corrected chi connectivity index (χ3v) is 2.20. The molecule has 0 saturated heterocycles. The monoisotopic (exact) mass is 236 g/mol. The number of carbonyl (C=O) groups is 2. The normalized spacial score (nSPS) is 9.76. The first-order valence-electron chi connectivity index (χ1n) is 5.33. The van der Waals surface area contributed by atoms with Gasteiger partial charge in [0.1, 0.15) is 0 Å². The topological polar surface area (TPSA) is 69.6 Å². The molecule has 92 valence electrons. The van der Waals surface area contributed by atoms with E-state index in [1.807, 2.05) is 30.3 Å². The Balaban J connectivity index is 2.50. The number of hydrogen-bond donors (Lipinski definition) is 2. The van der Waals surface area contributed by atoms with Gasteiger partial charge in [-0.2, -0.15) is 0 Å². The molecule has 1 aromatic rings. The van der Waals surface area contributed by atoms with Crippen LogP contribution < -0.4 is 5.32 Å². The number of aliphatic hydroxyl groups is 1. The van der Waals surface area contributed by atoms with E-state index in [0.29, 0.717) is 6.54 Å². The molecule has 2 amide bonds. The van der Waals surface area contributed by atoms with Crippen molar-refractivity contribution in [1.82, 2.24) is 10.2 Å². The number of amides is 2. The van der Waals surface area contributed by atoms with Crippen LogP contribution in [0.3, 0.4) is 0 Å². The highest BCUT2D eigenvalue weighted by molar-refractivity contribution is 6.34. The minimum Gasteiger partial charge on any atom is -0.395 e. The highest BCUT2D eigenvalue weighted by atomic mass is 16.3. The molecule has 17 heavy (non-hydrogen) atoms. The molecule has 0 spiro atoms.